The van der Waals surface area contributed by atoms with E-state index in [1.54, 1.807) is 0 Å². The number of hydrogen-bond acceptors (Lipinski definition) is 4. The Labute approximate surface area is 161 Å². The SMILES string of the molecule is CN=C(NCc1ccc(N(C)C)nc1)NC1CCc2cn(C(C)C)nc2C1. The summed E-state index contributed by atoms with van der Waals surface area (Å²) in [6.45, 7) is 5.03. The number of nitrogens with zero attached hydrogens (tertiary/aromatic N) is 5. The van der Waals surface area contributed by atoms with Crippen LogP contribution in [0.25, 0.3) is 0 Å². The van der Waals surface area contributed by atoms with Crippen molar-refractivity contribution in [3.63, 3.8) is 0 Å². The fraction of sp³-hybridized carbons (Fsp3) is 0.550. The lowest BCUT2D eigenvalue weighted by Crippen LogP contribution is -2.45. The molecule has 0 fully saturated rings. The van der Waals surface area contributed by atoms with Gasteiger partial charge in [-0.1, -0.05) is 6.07 Å². The Kier molecular flexibility index (Phi) is 5.98. The Morgan fingerprint density at radius 1 is 1.37 bits per heavy atom. The first kappa shape index (κ1) is 19.2. The minimum absolute atomic E-state index is 0.355. The third-order valence-electron chi connectivity index (χ3n) is 4.92. The van der Waals surface area contributed by atoms with Crippen molar-refractivity contribution in [2.75, 3.05) is 26.0 Å². The summed E-state index contributed by atoms with van der Waals surface area (Å²) in [5, 5.41) is 11.7. The van der Waals surface area contributed by atoms with Crippen LogP contribution in [0.3, 0.4) is 0 Å². The van der Waals surface area contributed by atoms with E-state index in [1.165, 1.54) is 11.3 Å². The minimum atomic E-state index is 0.355. The number of aromatic nitrogens is 3. The first-order valence-corrected chi connectivity index (χ1v) is 9.62. The zero-order valence-electron chi connectivity index (χ0n) is 17.0. The topological polar surface area (TPSA) is 70.4 Å². The Hall–Kier alpha value is -2.57. The summed E-state index contributed by atoms with van der Waals surface area (Å²) in [5.41, 5.74) is 3.73. The van der Waals surface area contributed by atoms with Gasteiger partial charge in [-0.3, -0.25) is 9.67 Å². The standard InChI is InChI=1S/C20H31N7/c1-14(2)27-13-16-7-8-17(10-18(16)25-27)24-20(21-3)23-12-15-6-9-19(22-11-15)26(4)5/h6,9,11,13-14,17H,7-8,10,12H2,1-5H3,(H2,21,23,24). The summed E-state index contributed by atoms with van der Waals surface area (Å²) in [7, 11) is 5.79. The van der Waals surface area contributed by atoms with Gasteiger partial charge in [0.2, 0.25) is 0 Å². The molecule has 7 nitrogen and oxygen atoms in total. The Bertz CT molecular complexity index is 774. The molecule has 2 aromatic heterocycles. The fourth-order valence-electron chi connectivity index (χ4n) is 3.26. The number of anilines is 1. The highest BCUT2D eigenvalue weighted by Gasteiger charge is 2.22. The molecular weight excluding hydrogens is 338 g/mol. The highest BCUT2D eigenvalue weighted by atomic mass is 15.3. The van der Waals surface area contributed by atoms with Gasteiger partial charge in [0.25, 0.3) is 0 Å². The molecule has 1 unspecified atom stereocenters. The molecule has 0 amide bonds. The molecule has 0 saturated heterocycles. The number of aliphatic imine (C=N–C) groups is 1. The van der Waals surface area contributed by atoms with Gasteiger partial charge in [0.1, 0.15) is 5.82 Å². The van der Waals surface area contributed by atoms with Crippen LogP contribution in [0.2, 0.25) is 0 Å². The van der Waals surface area contributed by atoms with Crippen LogP contribution in [-0.2, 0) is 19.4 Å². The molecule has 2 heterocycles. The summed E-state index contributed by atoms with van der Waals surface area (Å²) in [6.07, 6.45) is 7.20. The van der Waals surface area contributed by atoms with Crippen LogP contribution in [0.15, 0.2) is 29.5 Å². The number of fused-ring (bicyclic) bond motifs is 1. The molecule has 1 atom stereocenters. The van der Waals surface area contributed by atoms with Gasteiger partial charge < -0.3 is 15.5 Å². The van der Waals surface area contributed by atoms with Gasteiger partial charge in [0, 0.05) is 58.6 Å². The summed E-state index contributed by atoms with van der Waals surface area (Å²) in [5.74, 6) is 1.78. The van der Waals surface area contributed by atoms with E-state index in [0.29, 0.717) is 18.6 Å². The molecule has 0 aliphatic heterocycles. The van der Waals surface area contributed by atoms with Gasteiger partial charge in [-0.25, -0.2) is 4.98 Å². The van der Waals surface area contributed by atoms with Crippen LogP contribution in [0.4, 0.5) is 5.82 Å². The lowest BCUT2D eigenvalue weighted by atomic mass is 9.94. The van der Waals surface area contributed by atoms with Gasteiger partial charge in [0.15, 0.2) is 5.96 Å². The summed E-state index contributed by atoms with van der Waals surface area (Å²) >= 11 is 0. The third-order valence-corrected chi connectivity index (χ3v) is 4.92. The van der Waals surface area contributed by atoms with Crippen LogP contribution in [0.1, 0.15) is 43.1 Å². The van der Waals surface area contributed by atoms with E-state index >= 15 is 0 Å². The normalized spacial score (nSPS) is 17.0. The molecule has 0 aromatic carbocycles. The molecule has 7 heteroatoms. The lowest BCUT2D eigenvalue weighted by Gasteiger charge is -2.24. The van der Waals surface area contributed by atoms with E-state index in [1.807, 2.05) is 38.3 Å². The average Bonchev–Trinajstić information content (AvgIpc) is 3.09. The van der Waals surface area contributed by atoms with Crippen molar-refractivity contribution in [2.24, 2.45) is 4.99 Å². The average molecular weight is 370 g/mol. The Balaban J connectivity index is 1.54. The molecule has 0 saturated carbocycles. The Morgan fingerprint density at radius 2 is 2.19 bits per heavy atom. The van der Waals surface area contributed by atoms with Gasteiger partial charge in [0.05, 0.1) is 5.69 Å². The number of aryl methyl sites for hydroxylation is 1. The van der Waals surface area contributed by atoms with E-state index in [-0.39, 0.29) is 0 Å². The van der Waals surface area contributed by atoms with Crippen LogP contribution >= 0.6 is 0 Å². The number of rotatable bonds is 5. The zero-order chi connectivity index (χ0) is 19.4. The third kappa shape index (κ3) is 4.78. The van der Waals surface area contributed by atoms with Crippen molar-refractivity contribution >= 4 is 11.8 Å². The van der Waals surface area contributed by atoms with Crippen molar-refractivity contribution < 1.29 is 0 Å². The maximum Gasteiger partial charge on any atom is 0.191 e. The summed E-state index contributed by atoms with van der Waals surface area (Å²) in [6, 6.07) is 4.88. The van der Waals surface area contributed by atoms with Crippen molar-refractivity contribution in [2.45, 2.75) is 51.7 Å². The van der Waals surface area contributed by atoms with Gasteiger partial charge in [-0.15, -0.1) is 0 Å². The van der Waals surface area contributed by atoms with Gasteiger partial charge >= 0.3 is 0 Å². The van der Waals surface area contributed by atoms with Gasteiger partial charge in [-0.2, -0.15) is 5.10 Å². The van der Waals surface area contributed by atoms with Gasteiger partial charge in [-0.05, 0) is 43.9 Å². The molecule has 27 heavy (non-hydrogen) atoms. The second kappa shape index (κ2) is 8.41. The van der Waals surface area contributed by atoms with Crippen molar-refractivity contribution in [1.29, 1.82) is 0 Å². The lowest BCUT2D eigenvalue weighted by molar-refractivity contribution is 0.499. The van der Waals surface area contributed by atoms with E-state index in [0.717, 1.165) is 36.6 Å². The van der Waals surface area contributed by atoms with Crippen LogP contribution in [0.5, 0.6) is 0 Å². The van der Waals surface area contributed by atoms with Crippen molar-refractivity contribution in [3.8, 4) is 0 Å². The minimum Gasteiger partial charge on any atom is -0.363 e. The molecule has 0 radical (unpaired) electrons. The molecule has 1 aliphatic carbocycles. The Morgan fingerprint density at radius 3 is 2.81 bits per heavy atom. The first-order chi connectivity index (χ1) is 13.0. The number of nitrogens with one attached hydrogen (secondary N) is 2. The predicted molar refractivity (Wildman–Crippen MR) is 110 cm³/mol. The van der Waals surface area contributed by atoms with E-state index in [2.05, 4.69) is 51.4 Å². The van der Waals surface area contributed by atoms with Crippen LogP contribution < -0.4 is 15.5 Å². The molecule has 1 aliphatic rings. The highest BCUT2D eigenvalue weighted by molar-refractivity contribution is 5.80. The molecule has 146 valence electrons. The number of guanidine groups is 1. The summed E-state index contributed by atoms with van der Waals surface area (Å²) in [4.78, 5) is 10.8. The van der Waals surface area contributed by atoms with Crippen molar-refractivity contribution in [3.05, 3.63) is 41.3 Å². The largest absolute Gasteiger partial charge is 0.363 e. The second-order valence-electron chi connectivity index (χ2n) is 7.60. The zero-order valence-corrected chi connectivity index (χ0v) is 17.0. The molecule has 2 aromatic rings. The summed E-state index contributed by atoms with van der Waals surface area (Å²) < 4.78 is 2.07. The second-order valence-corrected chi connectivity index (χ2v) is 7.60. The first-order valence-electron chi connectivity index (χ1n) is 9.62. The van der Waals surface area contributed by atoms with Crippen molar-refractivity contribution in [1.82, 2.24) is 25.4 Å². The molecule has 2 N–H and O–H groups in total. The maximum absolute atomic E-state index is 4.75. The smallest absolute Gasteiger partial charge is 0.191 e. The molecule has 0 spiro atoms. The number of pyridine rings is 1. The van der Waals surface area contributed by atoms with E-state index < -0.39 is 0 Å². The molecular formula is C20H31N7. The molecule has 0 bridgehead atoms. The predicted octanol–water partition coefficient (Wildman–Crippen LogP) is 2.15. The fourth-order valence-corrected chi connectivity index (χ4v) is 3.26. The highest BCUT2D eigenvalue weighted by Crippen LogP contribution is 2.21. The van der Waals surface area contributed by atoms with E-state index in [4.69, 9.17) is 5.10 Å². The van der Waals surface area contributed by atoms with Crippen LogP contribution in [0, 0.1) is 0 Å². The molecule has 3 rings (SSSR count). The quantitative estimate of drug-likeness (QED) is 0.624. The monoisotopic (exact) mass is 369 g/mol. The maximum atomic E-state index is 4.75. The van der Waals surface area contributed by atoms with Crippen LogP contribution in [-0.4, -0.2) is 47.9 Å². The number of hydrogen-bond donors (Lipinski definition) is 2. The van der Waals surface area contributed by atoms with E-state index in [9.17, 15) is 0 Å².